The molecule has 0 saturated heterocycles. The molecule has 0 saturated carbocycles. The molecule has 1 rings (SSSR count). The molecule has 0 aliphatic rings. The van der Waals surface area contributed by atoms with Gasteiger partial charge < -0.3 is 5.32 Å². The Morgan fingerprint density at radius 3 is 2.69 bits per heavy atom. The Balaban J connectivity index is 0.00000225. The van der Waals surface area contributed by atoms with E-state index in [2.05, 4.69) is 44.3 Å². The highest BCUT2D eigenvalue weighted by Gasteiger charge is 2.03. The molecule has 0 bridgehead atoms. The van der Waals surface area contributed by atoms with Crippen molar-refractivity contribution in [1.29, 1.82) is 0 Å². The van der Waals surface area contributed by atoms with Crippen molar-refractivity contribution in [2.24, 2.45) is 5.92 Å². The first-order valence-electron chi connectivity index (χ1n) is 5.87. The molecule has 0 aromatic carbocycles. The van der Waals surface area contributed by atoms with Gasteiger partial charge in [0, 0.05) is 24.8 Å². The van der Waals surface area contributed by atoms with E-state index in [1.54, 1.807) is 0 Å². The SMILES string of the molecule is CCCn1cc(CNCC(C)C)c(C)n1.Cl. The van der Waals surface area contributed by atoms with Crippen LogP contribution in [0.2, 0.25) is 0 Å². The van der Waals surface area contributed by atoms with Crippen LogP contribution in [0.3, 0.4) is 0 Å². The summed E-state index contributed by atoms with van der Waals surface area (Å²) in [6.07, 6.45) is 3.30. The Labute approximate surface area is 105 Å². The van der Waals surface area contributed by atoms with E-state index in [0.29, 0.717) is 5.92 Å². The third-order valence-corrected chi connectivity index (χ3v) is 2.37. The Hall–Kier alpha value is -0.540. The summed E-state index contributed by atoms with van der Waals surface area (Å²) in [6, 6.07) is 0. The normalized spacial score (nSPS) is 10.6. The number of nitrogens with one attached hydrogen (secondary N) is 1. The smallest absolute Gasteiger partial charge is 0.0638 e. The maximum atomic E-state index is 4.47. The van der Waals surface area contributed by atoms with Gasteiger partial charge in [-0.15, -0.1) is 12.4 Å². The zero-order chi connectivity index (χ0) is 11.3. The van der Waals surface area contributed by atoms with Crippen LogP contribution in [0.4, 0.5) is 0 Å². The predicted octanol–water partition coefficient (Wildman–Crippen LogP) is 2.77. The summed E-state index contributed by atoms with van der Waals surface area (Å²) in [6.45, 7) is 11.7. The summed E-state index contributed by atoms with van der Waals surface area (Å²) in [5, 5.41) is 7.92. The lowest BCUT2D eigenvalue weighted by atomic mass is 10.2. The highest BCUT2D eigenvalue weighted by Crippen LogP contribution is 2.05. The number of aromatic nitrogens is 2. The Morgan fingerprint density at radius 2 is 2.12 bits per heavy atom. The zero-order valence-electron chi connectivity index (χ0n) is 10.8. The van der Waals surface area contributed by atoms with Crippen molar-refractivity contribution in [3.63, 3.8) is 0 Å². The number of nitrogens with zero attached hydrogens (tertiary/aromatic N) is 2. The molecule has 1 N–H and O–H groups in total. The molecule has 4 heteroatoms. The number of aryl methyl sites for hydroxylation is 2. The van der Waals surface area contributed by atoms with E-state index in [1.807, 2.05) is 4.68 Å². The summed E-state index contributed by atoms with van der Waals surface area (Å²) in [4.78, 5) is 0. The van der Waals surface area contributed by atoms with Gasteiger partial charge in [-0.2, -0.15) is 5.10 Å². The molecule has 94 valence electrons. The van der Waals surface area contributed by atoms with Crippen molar-refractivity contribution >= 4 is 12.4 Å². The van der Waals surface area contributed by atoms with E-state index in [-0.39, 0.29) is 12.4 Å². The second kappa shape index (κ2) is 7.69. The van der Waals surface area contributed by atoms with Crippen molar-refractivity contribution in [1.82, 2.24) is 15.1 Å². The molecule has 0 spiro atoms. The summed E-state index contributed by atoms with van der Waals surface area (Å²) >= 11 is 0. The van der Waals surface area contributed by atoms with Crippen LogP contribution in [0, 0.1) is 12.8 Å². The zero-order valence-corrected chi connectivity index (χ0v) is 11.6. The molecule has 0 atom stereocenters. The fraction of sp³-hybridized carbons (Fsp3) is 0.750. The largest absolute Gasteiger partial charge is 0.312 e. The van der Waals surface area contributed by atoms with Gasteiger partial charge in [0.25, 0.3) is 0 Å². The van der Waals surface area contributed by atoms with Crippen LogP contribution < -0.4 is 5.32 Å². The lowest BCUT2D eigenvalue weighted by Gasteiger charge is -2.05. The second-order valence-corrected chi connectivity index (χ2v) is 4.53. The van der Waals surface area contributed by atoms with E-state index in [1.165, 1.54) is 5.56 Å². The number of hydrogen-bond donors (Lipinski definition) is 1. The second-order valence-electron chi connectivity index (χ2n) is 4.53. The van der Waals surface area contributed by atoms with Gasteiger partial charge >= 0.3 is 0 Å². The topological polar surface area (TPSA) is 29.9 Å². The van der Waals surface area contributed by atoms with Gasteiger partial charge in [0.2, 0.25) is 0 Å². The lowest BCUT2D eigenvalue weighted by molar-refractivity contribution is 0.551. The molecule has 1 aromatic rings. The number of halogens is 1. The minimum absolute atomic E-state index is 0. The molecule has 0 amide bonds. The molecule has 16 heavy (non-hydrogen) atoms. The first kappa shape index (κ1) is 15.5. The molecule has 0 radical (unpaired) electrons. The van der Waals surface area contributed by atoms with E-state index in [0.717, 1.165) is 31.7 Å². The quantitative estimate of drug-likeness (QED) is 0.835. The molecule has 1 heterocycles. The van der Waals surface area contributed by atoms with Gasteiger partial charge in [-0.25, -0.2) is 0 Å². The molecule has 0 aliphatic heterocycles. The van der Waals surface area contributed by atoms with Crippen molar-refractivity contribution in [2.75, 3.05) is 6.54 Å². The fourth-order valence-electron chi connectivity index (χ4n) is 1.57. The molecule has 3 nitrogen and oxygen atoms in total. The van der Waals surface area contributed by atoms with Crippen LogP contribution >= 0.6 is 12.4 Å². The molecule has 1 aromatic heterocycles. The van der Waals surface area contributed by atoms with E-state index >= 15 is 0 Å². The van der Waals surface area contributed by atoms with Crippen LogP contribution in [0.15, 0.2) is 6.20 Å². The average molecular weight is 246 g/mol. The molecule has 0 aliphatic carbocycles. The van der Waals surface area contributed by atoms with Crippen molar-refractivity contribution in [3.05, 3.63) is 17.5 Å². The number of hydrogen-bond acceptors (Lipinski definition) is 2. The molecular weight excluding hydrogens is 222 g/mol. The summed E-state index contributed by atoms with van der Waals surface area (Å²) in [7, 11) is 0. The standard InChI is InChI=1S/C12H23N3.ClH/c1-5-6-15-9-12(11(4)14-15)8-13-7-10(2)3;/h9-10,13H,5-8H2,1-4H3;1H. The maximum Gasteiger partial charge on any atom is 0.0638 e. The Bertz CT molecular complexity index is 294. The van der Waals surface area contributed by atoms with Crippen LogP contribution in [0.5, 0.6) is 0 Å². The van der Waals surface area contributed by atoms with Crippen molar-refractivity contribution < 1.29 is 0 Å². The van der Waals surface area contributed by atoms with E-state index in [4.69, 9.17) is 0 Å². The monoisotopic (exact) mass is 245 g/mol. The molecule has 0 fully saturated rings. The van der Waals surface area contributed by atoms with Gasteiger partial charge in [0.1, 0.15) is 0 Å². The third-order valence-electron chi connectivity index (χ3n) is 2.37. The van der Waals surface area contributed by atoms with Crippen LogP contribution in [-0.4, -0.2) is 16.3 Å². The van der Waals surface area contributed by atoms with Gasteiger partial charge in [0.15, 0.2) is 0 Å². The van der Waals surface area contributed by atoms with Gasteiger partial charge in [0.05, 0.1) is 5.69 Å². The van der Waals surface area contributed by atoms with Gasteiger partial charge in [-0.1, -0.05) is 20.8 Å². The van der Waals surface area contributed by atoms with Crippen LogP contribution in [-0.2, 0) is 13.1 Å². The maximum absolute atomic E-state index is 4.47. The van der Waals surface area contributed by atoms with Crippen LogP contribution in [0.1, 0.15) is 38.4 Å². The Kier molecular flexibility index (Phi) is 7.43. The minimum Gasteiger partial charge on any atom is -0.312 e. The summed E-state index contributed by atoms with van der Waals surface area (Å²) in [5.41, 5.74) is 2.48. The first-order chi connectivity index (χ1) is 7.13. The lowest BCUT2D eigenvalue weighted by Crippen LogP contribution is -2.19. The average Bonchev–Trinajstić information content (AvgIpc) is 2.47. The molecular formula is C12H24ClN3. The highest BCUT2D eigenvalue weighted by atomic mass is 35.5. The fourth-order valence-corrected chi connectivity index (χ4v) is 1.57. The van der Waals surface area contributed by atoms with E-state index in [9.17, 15) is 0 Å². The predicted molar refractivity (Wildman–Crippen MR) is 71.0 cm³/mol. The first-order valence-corrected chi connectivity index (χ1v) is 5.87. The third kappa shape index (κ3) is 4.99. The van der Waals surface area contributed by atoms with Gasteiger partial charge in [-0.3, -0.25) is 4.68 Å². The number of rotatable bonds is 6. The highest BCUT2D eigenvalue weighted by molar-refractivity contribution is 5.85. The summed E-state index contributed by atoms with van der Waals surface area (Å²) in [5.74, 6) is 0.705. The van der Waals surface area contributed by atoms with Crippen LogP contribution in [0.25, 0.3) is 0 Å². The Morgan fingerprint density at radius 1 is 1.44 bits per heavy atom. The van der Waals surface area contributed by atoms with E-state index < -0.39 is 0 Å². The summed E-state index contributed by atoms with van der Waals surface area (Å²) < 4.78 is 2.04. The van der Waals surface area contributed by atoms with Crippen molar-refractivity contribution in [3.8, 4) is 0 Å². The molecule has 0 unspecified atom stereocenters. The van der Waals surface area contributed by atoms with Gasteiger partial charge in [-0.05, 0) is 25.8 Å². The minimum atomic E-state index is 0. The van der Waals surface area contributed by atoms with Crippen molar-refractivity contribution in [2.45, 2.75) is 47.2 Å².